The largest absolute Gasteiger partial charge is 0.318 e. The van der Waals surface area contributed by atoms with Crippen LogP contribution in [-0.4, -0.2) is 20.9 Å². The monoisotopic (exact) mass is 344 g/mol. The van der Waals surface area contributed by atoms with Crippen molar-refractivity contribution in [1.29, 1.82) is 0 Å². The van der Waals surface area contributed by atoms with Crippen molar-refractivity contribution in [3.8, 4) is 5.69 Å². The van der Waals surface area contributed by atoms with Crippen molar-refractivity contribution < 1.29 is 9.18 Å². The van der Waals surface area contributed by atoms with Gasteiger partial charge in [-0.05, 0) is 43.7 Å². The smallest absolute Gasteiger partial charge is 0.278 e. The zero-order chi connectivity index (χ0) is 17.3. The zero-order valence-corrected chi connectivity index (χ0v) is 13.8. The number of aryl methyl sites for hydroxylation is 1. The first kappa shape index (κ1) is 16.1. The molecule has 0 fully saturated rings. The van der Waals surface area contributed by atoms with Crippen LogP contribution in [0.1, 0.15) is 21.7 Å². The quantitative estimate of drug-likeness (QED) is 0.783. The number of carbonyl (C=O) groups excluding carboxylic acids is 1. The minimum atomic E-state index is -0.525. The highest BCUT2D eigenvalue weighted by Crippen LogP contribution is 2.21. The summed E-state index contributed by atoms with van der Waals surface area (Å²) in [7, 11) is 0. The van der Waals surface area contributed by atoms with Gasteiger partial charge in [-0.15, -0.1) is 5.10 Å². The predicted octanol–water partition coefficient (Wildman–Crippen LogP) is 3.93. The number of amides is 1. The van der Waals surface area contributed by atoms with E-state index in [1.165, 1.54) is 16.8 Å². The lowest BCUT2D eigenvalue weighted by Crippen LogP contribution is -2.15. The number of nitrogens with zero attached hydrogens (tertiary/aromatic N) is 3. The molecule has 1 aromatic heterocycles. The highest BCUT2D eigenvalue weighted by molar-refractivity contribution is 6.30. The molecule has 0 saturated heterocycles. The number of benzene rings is 2. The summed E-state index contributed by atoms with van der Waals surface area (Å²) in [6, 6.07) is 11.3. The van der Waals surface area contributed by atoms with E-state index in [4.69, 9.17) is 11.6 Å². The minimum absolute atomic E-state index is 0.0930. The van der Waals surface area contributed by atoms with Gasteiger partial charge in [0, 0.05) is 5.02 Å². The van der Waals surface area contributed by atoms with E-state index in [9.17, 15) is 9.18 Å². The second-order valence-electron chi connectivity index (χ2n) is 5.30. The maximum atomic E-state index is 13.7. The molecule has 0 bridgehead atoms. The molecule has 0 spiro atoms. The fourth-order valence-electron chi connectivity index (χ4n) is 2.32. The van der Waals surface area contributed by atoms with Crippen LogP contribution in [0.3, 0.4) is 0 Å². The first-order valence-corrected chi connectivity index (χ1v) is 7.60. The van der Waals surface area contributed by atoms with Crippen molar-refractivity contribution >= 4 is 23.2 Å². The summed E-state index contributed by atoms with van der Waals surface area (Å²) in [5.41, 5.74) is 2.42. The average molecular weight is 345 g/mol. The van der Waals surface area contributed by atoms with Gasteiger partial charge in [0.1, 0.15) is 5.82 Å². The minimum Gasteiger partial charge on any atom is -0.318 e. The molecule has 1 amide bonds. The summed E-state index contributed by atoms with van der Waals surface area (Å²) in [5.74, 6) is -1.04. The van der Waals surface area contributed by atoms with Crippen LogP contribution in [0.2, 0.25) is 5.02 Å². The molecule has 0 saturated carbocycles. The van der Waals surface area contributed by atoms with Crippen molar-refractivity contribution in [3.63, 3.8) is 0 Å². The maximum Gasteiger partial charge on any atom is 0.278 e. The van der Waals surface area contributed by atoms with Gasteiger partial charge in [0.15, 0.2) is 5.69 Å². The Morgan fingerprint density at radius 2 is 1.96 bits per heavy atom. The summed E-state index contributed by atoms with van der Waals surface area (Å²) in [5, 5.41) is 11.0. The van der Waals surface area contributed by atoms with Crippen LogP contribution in [0.15, 0.2) is 42.5 Å². The molecule has 5 nitrogen and oxygen atoms in total. The third kappa shape index (κ3) is 3.00. The van der Waals surface area contributed by atoms with Crippen LogP contribution >= 0.6 is 11.6 Å². The van der Waals surface area contributed by atoms with Crippen molar-refractivity contribution in [3.05, 3.63) is 70.3 Å². The molecule has 1 heterocycles. The Morgan fingerprint density at radius 1 is 1.21 bits per heavy atom. The number of hydrogen-bond donors (Lipinski definition) is 1. The van der Waals surface area contributed by atoms with Gasteiger partial charge in [-0.25, -0.2) is 9.07 Å². The van der Waals surface area contributed by atoms with Crippen LogP contribution in [0, 0.1) is 19.7 Å². The number of halogens is 2. The van der Waals surface area contributed by atoms with Crippen molar-refractivity contribution in [1.82, 2.24) is 15.0 Å². The molecular formula is C17H14ClFN4O. The zero-order valence-electron chi connectivity index (χ0n) is 13.0. The SMILES string of the molecule is Cc1ccc(Cl)cc1-n1nnc(C(=O)Nc2ccccc2F)c1C. The third-order valence-electron chi connectivity index (χ3n) is 3.63. The molecule has 24 heavy (non-hydrogen) atoms. The maximum absolute atomic E-state index is 13.7. The number of para-hydroxylation sites is 1. The summed E-state index contributed by atoms with van der Waals surface area (Å²) in [6.45, 7) is 3.63. The number of anilines is 1. The molecular weight excluding hydrogens is 331 g/mol. The fourth-order valence-corrected chi connectivity index (χ4v) is 2.49. The van der Waals surface area contributed by atoms with E-state index in [1.807, 2.05) is 13.0 Å². The van der Waals surface area contributed by atoms with Gasteiger partial charge < -0.3 is 5.32 Å². The lowest BCUT2D eigenvalue weighted by Gasteiger charge is -2.08. The lowest BCUT2D eigenvalue weighted by molar-refractivity contribution is 0.102. The molecule has 1 N–H and O–H groups in total. The number of rotatable bonds is 3. The first-order valence-electron chi connectivity index (χ1n) is 7.22. The third-order valence-corrected chi connectivity index (χ3v) is 3.87. The molecule has 0 aliphatic heterocycles. The number of nitrogens with one attached hydrogen (secondary N) is 1. The predicted molar refractivity (Wildman–Crippen MR) is 90.2 cm³/mol. The Bertz CT molecular complexity index is 923. The van der Waals surface area contributed by atoms with Gasteiger partial charge in [0.05, 0.1) is 17.1 Å². The normalized spacial score (nSPS) is 10.7. The molecule has 0 aliphatic carbocycles. The second-order valence-corrected chi connectivity index (χ2v) is 5.74. The van der Waals surface area contributed by atoms with E-state index >= 15 is 0 Å². The van der Waals surface area contributed by atoms with E-state index in [0.717, 1.165) is 11.3 Å². The molecule has 2 aromatic carbocycles. The molecule has 0 aliphatic rings. The summed E-state index contributed by atoms with van der Waals surface area (Å²) in [6.07, 6.45) is 0. The fraction of sp³-hybridized carbons (Fsp3) is 0.118. The molecule has 0 atom stereocenters. The topological polar surface area (TPSA) is 59.8 Å². The van der Waals surface area contributed by atoms with E-state index in [-0.39, 0.29) is 11.4 Å². The van der Waals surface area contributed by atoms with Gasteiger partial charge >= 0.3 is 0 Å². The lowest BCUT2D eigenvalue weighted by atomic mass is 10.2. The van der Waals surface area contributed by atoms with Crippen molar-refractivity contribution in [2.24, 2.45) is 0 Å². The molecule has 3 aromatic rings. The Morgan fingerprint density at radius 3 is 2.71 bits per heavy atom. The highest BCUT2D eigenvalue weighted by atomic mass is 35.5. The standard InChI is InChI=1S/C17H14ClFN4O/c1-10-7-8-12(18)9-15(10)23-11(2)16(21-22-23)17(24)20-14-6-4-3-5-13(14)19/h3-9H,1-2H3,(H,20,24). The van der Waals surface area contributed by atoms with Crippen molar-refractivity contribution in [2.75, 3.05) is 5.32 Å². The van der Waals surface area contributed by atoms with Gasteiger partial charge in [-0.1, -0.05) is 35.0 Å². The van der Waals surface area contributed by atoms with Crippen LogP contribution in [0.25, 0.3) is 5.69 Å². The number of aromatic nitrogens is 3. The molecule has 0 radical (unpaired) electrons. The summed E-state index contributed by atoms with van der Waals surface area (Å²) >= 11 is 6.03. The molecule has 3 rings (SSSR count). The second kappa shape index (κ2) is 6.41. The Balaban J connectivity index is 1.94. The van der Waals surface area contributed by atoms with Gasteiger partial charge in [0.2, 0.25) is 0 Å². The van der Waals surface area contributed by atoms with Gasteiger partial charge in [0.25, 0.3) is 5.91 Å². The summed E-state index contributed by atoms with van der Waals surface area (Å²) < 4.78 is 15.2. The first-order chi connectivity index (χ1) is 11.5. The summed E-state index contributed by atoms with van der Waals surface area (Å²) in [4.78, 5) is 12.4. The number of hydrogen-bond acceptors (Lipinski definition) is 3. The Hall–Kier alpha value is -2.73. The van der Waals surface area contributed by atoms with E-state index in [0.29, 0.717) is 10.7 Å². The average Bonchev–Trinajstić information content (AvgIpc) is 2.93. The van der Waals surface area contributed by atoms with Crippen LogP contribution in [-0.2, 0) is 0 Å². The van der Waals surface area contributed by atoms with E-state index < -0.39 is 11.7 Å². The molecule has 0 unspecified atom stereocenters. The Kier molecular flexibility index (Phi) is 4.31. The Labute approximate surface area is 143 Å². The van der Waals surface area contributed by atoms with Gasteiger partial charge in [-0.2, -0.15) is 0 Å². The van der Waals surface area contributed by atoms with Crippen LogP contribution < -0.4 is 5.32 Å². The highest BCUT2D eigenvalue weighted by Gasteiger charge is 2.19. The van der Waals surface area contributed by atoms with E-state index in [1.54, 1.807) is 31.2 Å². The van der Waals surface area contributed by atoms with Gasteiger partial charge in [-0.3, -0.25) is 4.79 Å². The van der Waals surface area contributed by atoms with Crippen molar-refractivity contribution in [2.45, 2.75) is 13.8 Å². The number of carbonyl (C=O) groups is 1. The molecule has 122 valence electrons. The van der Waals surface area contributed by atoms with Crippen LogP contribution in [0.5, 0.6) is 0 Å². The molecule has 7 heteroatoms. The van der Waals surface area contributed by atoms with E-state index in [2.05, 4.69) is 15.6 Å². The van der Waals surface area contributed by atoms with Crippen LogP contribution in [0.4, 0.5) is 10.1 Å².